The van der Waals surface area contributed by atoms with Crippen molar-refractivity contribution in [1.82, 2.24) is 5.32 Å². The van der Waals surface area contributed by atoms with Crippen molar-refractivity contribution >= 4 is 23.5 Å². The first-order chi connectivity index (χ1) is 13.9. The van der Waals surface area contributed by atoms with E-state index in [1.54, 1.807) is 38.1 Å². The summed E-state index contributed by atoms with van der Waals surface area (Å²) in [5.74, 6) is -0.677. The molecule has 2 atom stereocenters. The fourth-order valence-electron chi connectivity index (χ4n) is 2.76. The number of amides is 1. The minimum atomic E-state index is -0.991. The largest absolute Gasteiger partial charge is 0.481 e. The highest BCUT2D eigenvalue weighted by atomic mass is 35.5. The van der Waals surface area contributed by atoms with Gasteiger partial charge in [0.2, 0.25) is 0 Å². The molecule has 1 amide bonds. The maximum absolute atomic E-state index is 12.2. The number of hydrogen-bond acceptors (Lipinski definition) is 4. The summed E-state index contributed by atoms with van der Waals surface area (Å²) in [6.45, 7) is 4.23. The first-order valence-corrected chi connectivity index (χ1v) is 9.89. The van der Waals surface area contributed by atoms with Crippen LogP contribution in [0.25, 0.3) is 0 Å². The van der Waals surface area contributed by atoms with E-state index in [4.69, 9.17) is 26.2 Å². The standard InChI is InChI=1S/C22H26ClNO5/c1-3-28-20(22(26)27)14-16-8-10-18(11-9-16)29-15(2)21(25)24-13-12-17-6-4-5-7-19(17)23/h4-11,15,20H,3,12-14H2,1-2H3,(H,24,25)(H,26,27)/t15-,20?/m0/s1. The van der Waals surface area contributed by atoms with Crippen molar-refractivity contribution in [3.63, 3.8) is 0 Å². The van der Waals surface area contributed by atoms with Crippen LogP contribution in [0.4, 0.5) is 0 Å². The van der Waals surface area contributed by atoms with Crippen molar-refractivity contribution in [1.29, 1.82) is 0 Å². The average molecular weight is 420 g/mol. The van der Waals surface area contributed by atoms with Crippen LogP contribution in [-0.4, -0.2) is 42.3 Å². The van der Waals surface area contributed by atoms with Crippen molar-refractivity contribution in [3.05, 3.63) is 64.7 Å². The molecule has 0 saturated carbocycles. The number of halogens is 1. The molecule has 1 unspecified atom stereocenters. The molecule has 0 aromatic heterocycles. The summed E-state index contributed by atoms with van der Waals surface area (Å²) in [7, 11) is 0. The lowest BCUT2D eigenvalue weighted by Gasteiger charge is -2.16. The number of aliphatic carboxylic acids is 1. The molecule has 0 spiro atoms. The normalized spacial score (nSPS) is 12.8. The Balaban J connectivity index is 1.81. The number of hydrogen-bond donors (Lipinski definition) is 2. The van der Waals surface area contributed by atoms with Gasteiger partial charge in [-0.05, 0) is 49.6 Å². The molecule has 0 aliphatic rings. The Morgan fingerprint density at radius 1 is 1.14 bits per heavy atom. The van der Waals surface area contributed by atoms with Gasteiger partial charge in [0.15, 0.2) is 12.2 Å². The van der Waals surface area contributed by atoms with Crippen LogP contribution < -0.4 is 10.1 Å². The van der Waals surface area contributed by atoms with Crippen molar-refractivity contribution in [2.24, 2.45) is 0 Å². The topological polar surface area (TPSA) is 84.9 Å². The number of benzene rings is 2. The van der Waals surface area contributed by atoms with Crippen LogP contribution in [0, 0.1) is 0 Å². The van der Waals surface area contributed by atoms with E-state index in [1.165, 1.54) is 0 Å². The van der Waals surface area contributed by atoms with Gasteiger partial charge in [-0.1, -0.05) is 41.9 Å². The molecular formula is C22H26ClNO5. The maximum Gasteiger partial charge on any atom is 0.333 e. The molecule has 6 nitrogen and oxygen atoms in total. The molecule has 0 aliphatic heterocycles. The molecule has 7 heteroatoms. The Bertz CT molecular complexity index is 809. The molecule has 0 fully saturated rings. The number of carbonyl (C=O) groups is 2. The fourth-order valence-corrected chi connectivity index (χ4v) is 2.99. The van der Waals surface area contributed by atoms with Crippen LogP contribution in [0.15, 0.2) is 48.5 Å². The molecule has 0 saturated heterocycles. The highest BCUT2D eigenvalue weighted by Gasteiger charge is 2.18. The van der Waals surface area contributed by atoms with E-state index in [2.05, 4.69) is 5.32 Å². The third-order valence-corrected chi connectivity index (χ3v) is 4.69. The second kappa shape index (κ2) is 11.4. The van der Waals surface area contributed by atoms with E-state index in [0.717, 1.165) is 11.1 Å². The number of carboxylic acid groups (broad SMARTS) is 1. The van der Waals surface area contributed by atoms with E-state index in [9.17, 15) is 9.59 Å². The van der Waals surface area contributed by atoms with Crippen LogP contribution in [-0.2, 0) is 27.2 Å². The number of rotatable bonds is 11. The average Bonchev–Trinajstić information content (AvgIpc) is 2.70. The van der Waals surface area contributed by atoms with Gasteiger partial charge in [-0.2, -0.15) is 0 Å². The van der Waals surface area contributed by atoms with Crippen LogP contribution >= 0.6 is 11.6 Å². The molecule has 0 heterocycles. The number of nitrogens with one attached hydrogen (secondary N) is 1. The summed E-state index contributed by atoms with van der Waals surface area (Å²) in [5.41, 5.74) is 1.79. The van der Waals surface area contributed by atoms with Crippen molar-refractivity contribution in [3.8, 4) is 5.75 Å². The summed E-state index contributed by atoms with van der Waals surface area (Å²) in [6, 6.07) is 14.5. The Labute approximate surface area is 175 Å². The van der Waals surface area contributed by atoms with Crippen LogP contribution in [0.5, 0.6) is 5.75 Å². The van der Waals surface area contributed by atoms with Gasteiger partial charge >= 0.3 is 5.97 Å². The molecular weight excluding hydrogens is 394 g/mol. The molecule has 2 aromatic rings. The molecule has 0 radical (unpaired) electrons. The first kappa shape index (κ1) is 22.7. The fraction of sp³-hybridized carbons (Fsp3) is 0.364. The summed E-state index contributed by atoms with van der Waals surface area (Å²) >= 11 is 6.11. The summed E-state index contributed by atoms with van der Waals surface area (Å²) < 4.78 is 10.9. The predicted molar refractivity (Wildman–Crippen MR) is 111 cm³/mol. The lowest BCUT2D eigenvalue weighted by atomic mass is 10.1. The van der Waals surface area contributed by atoms with Crippen molar-refractivity contribution < 1.29 is 24.2 Å². The Morgan fingerprint density at radius 3 is 2.45 bits per heavy atom. The lowest BCUT2D eigenvalue weighted by molar-refractivity contribution is -0.150. The Kier molecular flexibility index (Phi) is 8.96. The Hall–Kier alpha value is -2.57. The zero-order valence-electron chi connectivity index (χ0n) is 16.6. The van der Waals surface area contributed by atoms with Crippen molar-refractivity contribution in [2.75, 3.05) is 13.2 Å². The third-order valence-electron chi connectivity index (χ3n) is 4.32. The zero-order chi connectivity index (χ0) is 21.2. The number of ether oxygens (including phenoxy) is 2. The van der Waals surface area contributed by atoms with E-state index in [0.29, 0.717) is 30.3 Å². The summed E-state index contributed by atoms with van der Waals surface area (Å²) in [4.78, 5) is 23.4. The smallest absolute Gasteiger partial charge is 0.333 e. The quantitative estimate of drug-likeness (QED) is 0.582. The molecule has 2 rings (SSSR count). The van der Waals surface area contributed by atoms with E-state index in [-0.39, 0.29) is 12.3 Å². The Morgan fingerprint density at radius 2 is 1.83 bits per heavy atom. The molecule has 29 heavy (non-hydrogen) atoms. The second-order valence-corrected chi connectivity index (χ2v) is 6.93. The van der Waals surface area contributed by atoms with Gasteiger partial charge in [0, 0.05) is 24.6 Å². The van der Waals surface area contributed by atoms with Crippen LogP contribution in [0.1, 0.15) is 25.0 Å². The van der Waals surface area contributed by atoms with Crippen LogP contribution in [0.3, 0.4) is 0 Å². The molecule has 0 bridgehead atoms. The minimum Gasteiger partial charge on any atom is -0.481 e. The van der Waals surface area contributed by atoms with E-state index in [1.807, 2.05) is 24.3 Å². The van der Waals surface area contributed by atoms with Crippen molar-refractivity contribution in [2.45, 2.75) is 38.9 Å². The maximum atomic E-state index is 12.2. The van der Waals surface area contributed by atoms with Gasteiger partial charge in [0.25, 0.3) is 5.91 Å². The summed E-state index contributed by atoms with van der Waals surface area (Å²) in [6.07, 6.45) is -0.643. The van der Waals surface area contributed by atoms with E-state index < -0.39 is 18.2 Å². The molecule has 2 aromatic carbocycles. The van der Waals surface area contributed by atoms with Gasteiger partial charge in [-0.15, -0.1) is 0 Å². The minimum absolute atomic E-state index is 0.219. The molecule has 156 valence electrons. The number of carboxylic acids is 1. The highest BCUT2D eigenvalue weighted by molar-refractivity contribution is 6.31. The SMILES string of the molecule is CCOC(Cc1ccc(O[C@@H](C)C(=O)NCCc2ccccc2Cl)cc1)C(=O)O. The third kappa shape index (κ3) is 7.40. The van der Waals surface area contributed by atoms with E-state index >= 15 is 0 Å². The van der Waals surface area contributed by atoms with Gasteiger partial charge in [0.1, 0.15) is 5.75 Å². The van der Waals surface area contributed by atoms with Gasteiger partial charge in [0.05, 0.1) is 0 Å². The number of carbonyl (C=O) groups excluding carboxylic acids is 1. The van der Waals surface area contributed by atoms with Gasteiger partial charge < -0.3 is 19.9 Å². The van der Waals surface area contributed by atoms with Gasteiger partial charge in [-0.3, -0.25) is 4.79 Å². The summed E-state index contributed by atoms with van der Waals surface area (Å²) in [5, 5.41) is 12.7. The van der Waals surface area contributed by atoms with Gasteiger partial charge in [-0.25, -0.2) is 4.79 Å². The molecule has 0 aliphatic carbocycles. The highest BCUT2D eigenvalue weighted by Crippen LogP contribution is 2.17. The lowest BCUT2D eigenvalue weighted by Crippen LogP contribution is -2.37. The zero-order valence-corrected chi connectivity index (χ0v) is 17.3. The predicted octanol–water partition coefficient (Wildman–Crippen LogP) is 3.50. The second-order valence-electron chi connectivity index (χ2n) is 6.52. The first-order valence-electron chi connectivity index (χ1n) is 9.51. The molecule has 2 N–H and O–H groups in total. The van der Waals surface area contributed by atoms with Crippen LogP contribution in [0.2, 0.25) is 5.02 Å². The monoisotopic (exact) mass is 419 g/mol.